The van der Waals surface area contributed by atoms with E-state index < -0.39 is 0 Å². The third-order valence-corrected chi connectivity index (χ3v) is 3.65. The van der Waals surface area contributed by atoms with Crippen LogP contribution in [0, 0.1) is 4.64 Å². The molecule has 0 saturated carbocycles. The fraction of sp³-hybridized carbons (Fsp3) is 0.231. The van der Waals surface area contributed by atoms with E-state index in [0.29, 0.717) is 11.2 Å². The minimum absolute atomic E-state index is 0.217. The summed E-state index contributed by atoms with van der Waals surface area (Å²) in [6, 6.07) is 9.97. The van der Waals surface area contributed by atoms with E-state index in [1.165, 1.54) is 0 Å². The van der Waals surface area contributed by atoms with Gasteiger partial charge in [-0.15, -0.1) is 0 Å². The van der Waals surface area contributed by atoms with Crippen molar-refractivity contribution in [2.45, 2.75) is 13.0 Å². The monoisotopic (exact) mass is 324 g/mol. The summed E-state index contributed by atoms with van der Waals surface area (Å²) in [5.41, 5.74) is 1.06. The minimum atomic E-state index is -0.217. The van der Waals surface area contributed by atoms with E-state index in [-0.39, 0.29) is 6.10 Å². The maximum Gasteiger partial charge on any atom is 0.140 e. The number of halogens is 1. The van der Waals surface area contributed by atoms with Crippen molar-refractivity contribution in [1.29, 1.82) is 0 Å². The summed E-state index contributed by atoms with van der Waals surface area (Å²) in [7, 11) is 0. The summed E-state index contributed by atoms with van der Waals surface area (Å²) in [5, 5.41) is 0. The van der Waals surface area contributed by atoms with Crippen LogP contribution in [0.15, 0.2) is 41.0 Å². The molecule has 1 aromatic carbocycles. The Balaban J connectivity index is 2.41. The van der Waals surface area contributed by atoms with E-state index >= 15 is 0 Å². The predicted molar refractivity (Wildman–Crippen MR) is 77.0 cm³/mol. The molecule has 3 nitrogen and oxygen atoms in total. The van der Waals surface area contributed by atoms with Crippen LogP contribution in [0.25, 0.3) is 0 Å². The van der Waals surface area contributed by atoms with Gasteiger partial charge in [0.25, 0.3) is 0 Å². The van der Waals surface area contributed by atoms with E-state index in [9.17, 15) is 0 Å². The second-order valence-electron chi connectivity index (χ2n) is 3.69. The quantitative estimate of drug-likeness (QED) is 0.863. The van der Waals surface area contributed by atoms with Crippen molar-refractivity contribution < 1.29 is 4.74 Å². The van der Waals surface area contributed by atoms with E-state index in [1.54, 1.807) is 6.20 Å². The van der Waals surface area contributed by atoms with Crippen LogP contribution in [0.2, 0.25) is 0 Å². The maximum atomic E-state index is 5.75. The van der Waals surface area contributed by atoms with Gasteiger partial charge in [0.05, 0.1) is 4.47 Å². The fourth-order valence-electron chi connectivity index (χ4n) is 1.65. The Morgan fingerprint density at radius 3 is 2.72 bits per heavy atom. The molecule has 1 atom stereocenters. The molecule has 0 bridgehead atoms. The summed E-state index contributed by atoms with van der Waals surface area (Å²) in [6.45, 7) is 2.57. The molecule has 0 aliphatic rings. The molecule has 1 aromatic heterocycles. The molecule has 0 spiro atoms. The van der Waals surface area contributed by atoms with Gasteiger partial charge in [0, 0.05) is 12.8 Å². The average molecular weight is 325 g/mol. The first-order chi connectivity index (χ1) is 8.72. The number of H-pyrrole nitrogens is 1. The van der Waals surface area contributed by atoms with Crippen molar-refractivity contribution in [3.8, 4) is 0 Å². The molecule has 0 amide bonds. The van der Waals surface area contributed by atoms with Gasteiger partial charge >= 0.3 is 0 Å². The number of ether oxygens (including phenoxy) is 1. The van der Waals surface area contributed by atoms with Crippen LogP contribution < -0.4 is 0 Å². The Morgan fingerprint density at radius 2 is 2.11 bits per heavy atom. The van der Waals surface area contributed by atoms with Crippen molar-refractivity contribution in [2.75, 3.05) is 6.61 Å². The molecule has 0 aliphatic heterocycles. The number of nitrogens with zero attached hydrogens (tertiary/aromatic N) is 1. The van der Waals surface area contributed by atoms with Crippen LogP contribution >= 0.6 is 28.1 Å². The molecule has 2 rings (SSSR count). The first-order valence-corrected chi connectivity index (χ1v) is 6.83. The summed E-state index contributed by atoms with van der Waals surface area (Å²) in [6.07, 6.45) is 1.48. The van der Waals surface area contributed by atoms with Crippen molar-refractivity contribution in [2.24, 2.45) is 0 Å². The third kappa shape index (κ3) is 3.04. The van der Waals surface area contributed by atoms with Crippen molar-refractivity contribution >= 4 is 28.1 Å². The van der Waals surface area contributed by atoms with Crippen LogP contribution in [0.4, 0.5) is 0 Å². The Hall–Kier alpha value is -1.04. The zero-order valence-corrected chi connectivity index (χ0v) is 12.3. The van der Waals surface area contributed by atoms with E-state index in [1.807, 2.05) is 37.3 Å². The molecule has 5 heteroatoms. The first-order valence-electron chi connectivity index (χ1n) is 5.63. The van der Waals surface area contributed by atoms with Gasteiger partial charge < -0.3 is 9.72 Å². The summed E-state index contributed by atoms with van der Waals surface area (Å²) in [5.74, 6) is 0.719. The largest absolute Gasteiger partial charge is 0.366 e. The van der Waals surface area contributed by atoms with Crippen molar-refractivity contribution in [3.05, 3.63) is 57.0 Å². The lowest BCUT2D eigenvalue weighted by Gasteiger charge is -2.16. The third-order valence-electron chi connectivity index (χ3n) is 2.46. The maximum absolute atomic E-state index is 5.75. The number of benzene rings is 1. The normalized spacial score (nSPS) is 12.3. The topological polar surface area (TPSA) is 37.9 Å². The molecule has 1 N–H and O–H groups in total. The zero-order valence-electron chi connectivity index (χ0n) is 9.89. The van der Waals surface area contributed by atoms with Gasteiger partial charge in [0.1, 0.15) is 16.6 Å². The van der Waals surface area contributed by atoms with Crippen LogP contribution in [-0.4, -0.2) is 16.6 Å². The molecule has 0 radical (unpaired) electrons. The van der Waals surface area contributed by atoms with E-state index in [4.69, 9.17) is 17.0 Å². The highest BCUT2D eigenvalue weighted by molar-refractivity contribution is 9.10. The molecule has 0 aliphatic carbocycles. The fourth-order valence-corrected chi connectivity index (χ4v) is 2.01. The highest BCUT2D eigenvalue weighted by atomic mass is 79.9. The number of rotatable bonds is 4. The van der Waals surface area contributed by atoms with Gasteiger partial charge in [0.15, 0.2) is 0 Å². The first kappa shape index (κ1) is 13.4. The summed E-state index contributed by atoms with van der Waals surface area (Å²) < 4.78 is 7.16. The molecule has 2 aromatic rings. The van der Waals surface area contributed by atoms with Gasteiger partial charge in [-0.3, -0.25) is 0 Å². The van der Waals surface area contributed by atoms with Crippen LogP contribution in [-0.2, 0) is 4.74 Å². The Morgan fingerprint density at radius 1 is 1.39 bits per heavy atom. The number of hydrogen-bond acceptors (Lipinski definition) is 3. The minimum Gasteiger partial charge on any atom is -0.366 e. The SMILES string of the molecule is CCOC(c1ccccc1)c1ncc(Br)c(=S)[nH]1. The molecule has 1 heterocycles. The van der Waals surface area contributed by atoms with Gasteiger partial charge in [0.2, 0.25) is 0 Å². The molecule has 18 heavy (non-hydrogen) atoms. The summed E-state index contributed by atoms with van der Waals surface area (Å²) in [4.78, 5) is 7.43. The Kier molecular flexibility index (Phi) is 4.63. The highest BCUT2D eigenvalue weighted by Crippen LogP contribution is 2.23. The lowest BCUT2D eigenvalue weighted by Crippen LogP contribution is -2.10. The molecule has 0 fully saturated rings. The van der Waals surface area contributed by atoms with E-state index in [0.717, 1.165) is 15.9 Å². The van der Waals surface area contributed by atoms with Gasteiger partial charge in [-0.1, -0.05) is 42.5 Å². The van der Waals surface area contributed by atoms with Crippen molar-refractivity contribution in [1.82, 2.24) is 9.97 Å². The van der Waals surface area contributed by atoms with Gasteiger partial charge in [-0.25, -0.2) is 4.98 Å². The van der Waals surface area contributed by atoms with Crippen LogP contribution in [0.5, 0.6) is 0 Å². The number of aromatic nitrogens is 2. The predicted octanol–water partition coefficient (Wildman–Crippen LogP) is 4.03. The van der Waals surface area contributed by atoms with Crippen LogP contribution in [0.1, 0.15) is 24.4 Å². The molecular weight excluding hydrogens is 312 g/mol. The van der Waals surface area contributed by atoms with Crippen molar-refractivity contribution in [3.63, 3.8) is 0 Å². The number of nitrogens with one attached hydrogen (secondary N) is 1. The Bertz CT molecular complexity index is 571. The second kappa shape index (κ2) is 6.22. The van der Waals surface area contributed by atoms with E-state index in [2.05, 4.69) is 25.9 Å². The lowest BCUT2D eigenvalue weighted by atomic mass is 10.1. The highest BCUT2D eigenvalue weighted by Gasteiger charge is 2.16. The van der Waals surface area contributed by atoms with Gasteiger partial charge in [-0.05, 0) is 28.4 Å². The molecule has 0 saturated heterocycles. The average Bonchev–Trinajstić information content (AvgIpc) is 2.40. The molecular formula is C13H13BrN2OS. The van der Waals surface area contributed by atoms with Crippen LogP contribution in [0.3, 0.4) is 0 Å². The zero-order chi connectivity index (χ0) is 13.0. The number of hydrogen-bond donors (Lipinski definition) is 1. The lowest BCUT2D eigenvalue weighted by molar-refractivity contribution is 0.0850. The molecule has 94 valence electrons. The smallest absolute Gasteiger partial charge is 0.140 e. The summed E-state index contributed by atoms with van der Waals surface area (Å²) >= 11 is 8.53. The van der Waals surface area contributed by atoms with Gasteiger partial charge in [-0.2, -0.15) is 0 Å². The Labute approximate surface area is 119 Å². The standard InChI is InChI=1S/C13H13BrN2OS/c1-2-17-11(9-6-4-3-5-7-9)12-15-8-10(14)13(18)16-12/h3-8,11H,2H2,1H3,(H,15,16,18). The second-order valence-corrected chi connectivity index (χ2v) is 4.95. The molecule has 1 unspecified atom stereocenters. The number of aromatic amines is 1.